The van der Waals surface area contributed by atoms with Gasteiger partial charge in [0.2, 0.25) is 5.91 Å². The quantitative estimate of drug-likeness (QED) is 0.839. The van der Waals surface area contributed by atoms with Crippen molar-refractivity contribution in [1.82, 2.24) is 20.7 Å². The molecule has 3 heterocycles. The number of halogens is 3. The molecular formula is C15H20F3N5O. The first-order chi connectivity index (χ1) is 11.4. The van der Waals surface area contributed by atoms with Crippen LogP contribution in [0.5, 0.6) is 0 Å². The van der Waals surface area contributed by atoms with Gasteiger partial charge in [0.1, 0.15) is 11.9 Å². The molecule has 1 aromatic heterocycles. The predicted molar refractivity (Wildman–Crippen MR) is 82.2 cm³/mol. The third kappa shape index (κ3) is 3.78. The summed E-state index contributed by atoms with van der Waals surface area (Å²) >= 11 is 0. The summed E-state index contributed by atoms with van der Waals surface area (Å²) in [5.74, 6) is 0.584. The smallest absolute Gasteiger partial charge is 0.355 e. The Morgan fingerprint density at radius 1 is 1.21 bits per heavy atom. The van der Waals surface area contributed by atoms with Gasteiger partial charge >= 0.3 is 6.18 Å². The van der Waals surface area contributed by atoms with Crippen molar-refractivity contribution in [2.24, 2.45) is 0 Å². The van der Waals surface area contributed by atoms with E-state index in [1.807, 2.05) is 9.80 Å². The van der Waals surface area contributed by atoms with E-state index in [1.54, 1.807) is 0 Å². The van der Waals surface area contributed by atoms with Gasteiger partial charge in [0.15, 0.2) is 0 Å². The standard InChI is InChI=1S/C15H20F3N5O/c16-15(17,18)11-2-3-13(19-10-11)22-6-1-7-23(9-8-22)14(24)12-4-5-20-21-12/h2-3,10,12,20-21H,1,4-9H2. The van der Waals surface area contributed by atoms with Gasteiger partial charge in [-0.1, -0.05) is 0 Å². The van der Waals surface area contributed by atoms with Crippen LogP contribution in [0, 0.1) is 0 Å². The molecule has 2 saturated heterocycles. The zero-order valence-electron chi connectivity index (χ0n) is 13.1. The van der Waals surface area contributed by atoms with Crippen LogP contribution in [0.3, 0.4) is 0 Å². The number of rotatable bonds is 2. The van der Waals surface area contributed by atoms with Crippen LogP contribution in [0.2, 0.25) is 0 Å². The minimum absolute atomic E-state index is 0.0715. The van der Waals surface area contributed by atoms with Crippen molar-refractivity contribution in [3.05, 3.63) is 23.9 Å². The number of aromatic nitrogens is 1. The van der Waals surface area contributed by atoms with Crippen LogP contribution in [-0.2, 0) is 11.0 Å². The molecule has 2 aliphatic rings. The van der Waals surface area contributed by atoms with Crippen LogP contribution < -0.4 is 15.8 Å². The molecule has 0 spiro atoms. The molecule has 132 valence electrons. The van der Waals surface area contributed by atoms with Crippen LogP contribution in [0.15, 0.2) is 18.3 Å². The lowest BCUT2D eigenvalue weighted by molar-refractivity contribution is -0.137. The highest BCUT2D eigenvalue weighted by atomic mass is 19.4. The number of hydrazine groups is 1. The fourth-order valence-electron chi connectivity index (χ4n) is 3.00. The minimum Gasteiger partial charge on any atom is -0.355 e. The fourth-order valence-corrected chi connectivity index (χ4v) is 3.00. The van der Waals surface area contributed by atoms with Gasteiger partial charge < -0.3 is 9.80 Å². The number of alkyl halides is 3. The van der Waals surface area contributed by atoms with Crippen LogP contribution in [-0.4, -0.2) is 54.6 Å². The zero-order chi connectivity index (χ0) is 17.2. The van der Waals surface area contributed by atoms with Gasteiger partial charge in [-0.3, -0.25) is 10.2 Å². The van der Waals surface area contributed by atoms with Gasteiger partial charge in [0.05, 0.1) is 5.56 Å². The predicted octanol–water partition coefficient (Wildman–Crippen LogP) is 1.01. The van der Waals surface area contributed by atoms with Gasteiger partial charge in [-0.2, -0.15) is 13.2 Å². The van der Waals surface area contributed by atoms with Crippen molar-refractivity contribution >= 4 is 11.7 Å². The van der Waals surface area contributed by atoms with Crippen molar-refractivity contribution < 1.29 is 18.0 Å². The SMILES string of the molecule is O=C(C1CCNN1)N1CCCN(c2ccc(C(F)(F)F)cn2)CC1. The molecule has 1 aromatic rings. The average molecular weight is 343 g/mol. The number of amides is 1. The molecule has 1 unspecified atom stereocenters. The third-order valence-electron chi connectivity index (χ3n) is 4.34. The average Bonchev–Trinajstić information content (AvgIpc) is 2.98. The maximum Gasteiger partial charge on any atom is 0.417 e. The second kappa shape index (κ2) is 6.94. The minimum atomic E-state index is -4.38. The third-order valence-corrected chi connectivity index (χ3v) is 4.34. The molecule has 0 radical (unpaired) electrons. The second-order valence-corrected chi connectivity index (χ2v) is 5.98. The van der Waals surface area contributed by atoms with Crippen LogP contribution in [0.1, 0.15) is 18.4 Å². The van der Waals surface area contributed by atoms with Gasteiger partial charge in [-0.15, -0.1) is 0 Å². The van der Waals surface area contributed by atoms with E-state index in [-0.39, 0.29) is 11.9 Å². The highest BCUT2D eigenvalue weighted by molar-refractivity contribution is 5.82. The van der Waals surface area contributed by atoms with E-state index in [4.69, 9.17) is 0 Å². The van der Waals surface area contributed by atoms with E-state index >= 15 is 0 Å². The summed E-state index contributed by atoms with van der Waals surface area (Å²) in [6.45, 7) is 3.18. The largest absolute Gasteiger partial charge is 0.417 e. The highest BCUT2D eigenvalue weighted by Crippen LogP contribution is 2.29. The van der Waals surface area contributed by atoms with Crippen molar-refractivity contribution in [3.63, 3.8) is 0 Å². The summed E-state index contributed by atoms with van der Waals surface area (Å²) in [4.78, 5) is 20.1. The summed E-state index contributed by atoms with van der Waals surface area (Å²) in [5.41, 5.74) is 5.16. The molecule has 1 amide bonds. The van der Waals surface area contributed by atoms with Crippen molar-refractivity contribution in [2.45, 2.75) is 25.1 Å². The Bertz CT molecular complexity index is 571. The maximum absolute atomic E-state index is 12.6. The van der Waals surface area contributed by atoms with Crippen molar-refractivity contribution in [3.8, 4) is 0 Å². The molecule has 2 N–H and O–H groups in total. The van der Waals surface area contributed by atoms with E-state index in [1.165, 1.54) is 6.07 Å². The highest BCUT2D eigenvalue weighted by Gasteiger charge is 2.31. The maximum atomic E-state index is 12.6. The number of hydrogen-bond acceptors (Lipinski definition) is 5. The molecule has 9 heteroatoms. The Labute approximate surface area is 138 Å². The van der Waals surface area contributed by atoms with Gasteiger partial charge in [0, 0.05) is 38.9 Å². The Morgan fingerprint density at radius 3 is 2.67 bits per heavy atom. The second-order valence-electron chi connectivity index (χ2n) is 5.98. The lowest BCUT2D eigenvalue weighted by atomic mass is 10.2. The van der Waals surface area contributed by atoms with Crippen LogP contribution in [0.4, 0.5) is 19.0 Å². The molecule has 3 rings (SSSR count). The fraction of sp³-hybridized carbons (Fsp3) is 0.600. The van der Waals surface area contributed by atoms with E-state index in [0.717, 1.165) is 31.6 Å². The topological polar surface area (TPSA) is 60.5 Å². The Morgan fingerprint density at radius 2 is 2.04 bits per heavy atom. The first-order valence-electron chi connectivity index (χ1n) is 8.00. The van der Waals surface area contributed by atoms with Crippen molar-refractivity contribution in [2.75, 3.05) is 37.6 Å². The summed E-state index contributed by atoms with van der Waals surface area (Å²) in [7, 11) is 0. The molecule has 0 aromatic carbocycles. The molecule has 24 heavy (non-hydrogen) atoms. The number of pyridine rings is 1. The molecule has 0 aliphatic carbocycles. The molecule has 1 atom stereocenters. The summed E-state index contributed by atoms with van der Waals surface area (Å²) < 4.78 is 37.8. The molecule has 6 nitrogen and oxygen atoms in total. The monoisotopic (exact) mass is 343 g/mol. The number of nitrogens with one attached hydrogen (secondary N) is 2. The summed E-state index contributed by atoms with van der Waals surface area (Å²) in [6, 6.07) is 2.24. The molecule has 2 aliphatic heterocycles. The number of carbonyl (C=O) groups excluding carboxylic acids is 1. The lowest BCUT2D eigenvalue weighted by Crippen LogP contribution is -2.46. The molecule has 2 fully saturated rings. The van der Waals surface area contributed by atoms with E-state index < -0.39 is 11.7 Å². The zero-order valence-corrected chi connectivity index (χ0v) is 13.1. The van der Waals surface area contributed by atoms with Crippen LogP contribution >= 0.6 is 0 Å². The van der Waals surface area contributed by atoms with Crippen LogP contribution in [0.25, 0.3) is 0 Å². The van der Waals surface area contributed by atoms with Gasteiger partial charge in [-0.05, 0) is 25.0 Å². The first kappa shape index (κ1) is 17.0. The Kier molecular flexibility index (Phi) is 4.91. The van der Waals surface area contributed by atoms with E-state index in [0.29, 0.717) is 32.0 Å². The lowest BCUT2D eigenvalue weighted by Gasteiger charge is -2.24. The van der Waals surface area contributed by atoms with E-state index in [2.05, 4.69) is 15.8 Å². The Hall–Kier alpha value is -1.87. The van der Waals surface area contributed by atoms with Gasteiger partial charge in [-0.25, -0.2) is 10.4 Å². The Balaban J connectivity index is 1.61. The van der Waals surface area contributed by atoms with Crippen molar-refractivity contribution in [1.29, 1.82) is 0 Å². The first-order valence-corrected chi connectivity index (χ1v) is 8.00. The molecular weight excluding hydrogens is 323 g/mol. The summed E-state index contributed by atoms with van der Waals surface area (Å²) in [6.07, 6.45) is -2.00. The normalized spacial score (nSPS) is 22.5. The number of anilines is 1. The molecule has 0 bridgehead atoms. The number of nitrogens with zero attached hydrogens (tertiary/aromatic N) is 3. The number of hydrogen-bond donors (Lipinski definition) is 2. The van der Waals surface area contributed by atoms with Gasteiger partial charge in [0.25, 0.3) is 0 Å². The van der Waals surface area contributed by atoms with E-state index in [9.17, 15) is 18.0 Å². The summed E-state index contributed by atoms with van der Waals surface area (Å²) in [5, 5.41) is 0. The number of carbonyl (C=O) groups is 1. The molecule has 0 saturated carbocycles.